The molecule has 2 N–H and O–H groups in total. The third kappa shape index (κ3) is 5.18. The molecule has 9 heteroatoms. The van der Waals surface area contributed by atoms with Gasteiger partial charge in [0, 0.05) is 41.4 Å². The smallest absolute Gasteiger partial charge is 0.410 e. The highest BCUT2D eigenvalue weighted by molar-refractivity contribution is 6.10. The molecular formula is C20H30N6O3. The average Bonchev–Trinajstić information content (AvgIpc) is 2.93. The van der Waals surface area contributed by atoms with Gasteiger partial charge in [0.15, 0.2) is 0 Å². The summed E-state index contributed by atoms with van der Waals surface area (Å²) >= 11 is 0. The van der Waals surface area contributed by atoms with Gasteiger partial charge in [0.1, 0.15) is 17.1 Å². The number of hydrogen-bond acceptors (Lipinski definition) is 8. The Morgan fingerprint density at radius 1 is 1.10 bits per heavy atom. The lowest BCUT2D eigenvalue weighted by Crippen LogP contribution is -2.39. The molecule has 2 aromatic heterocycles. The van der Waals surface area contributed by atoms with Gasteiger partial charge in [0.25, 0.3) is 0 Å². The number of nitrogens with two attached hydrogens (primary N) is 1. The highest BCUT2D eigenvalue weighted by Crippen LogP contribution is 2.17. The number of carbonyl (C=O) groups is 2. The molecule has 0 aliphatic carbocycles. The van der Waals surface area contributed by atoms with Gasteiger partial charge in [0.2, 0.25) is 11.7 Å². The molecule has 2 aromatic rings. The Bertz CT molecular complexity index is 906. The fraction of sp³-hybridized carbons (Fsp3) is 0.450. The molecule has 0 radical (unpaired) electrons. The van der Waals surface area contributed by atoms with Crippen molar-refractivity contribution in [3.05, 3.63) is 41.9 Å². The zero-order valence-corrected chi connectivity index (χ0v) is 17.0. The van der Waals surface area contributed by atoms with Crippen LogP contribution in [0.25, 0.3) is 0 Å². The standard InChI is InChI=1S/C20H26N6O3.2H2/c1-20(2,3)29-19(28)26-11-5-10-25(12-13-26)18-23-9-7-15(24-18)16(27)14-6-4-8-22-17(14)21;;/h4,6-9H,5,10-13H2,1-3H3,(H2,21,22);2*1H. The van der Waals surface area contributed by atoms with E-state index >= 15 is 0 Å². The molecule has 1 aliphatic heterocycles. The van der Waals surface area contributed by atoms with Crippen molar-refractivity contribution in [2.75, 3.05) is 36.8 Å². The molecule has 158 valence electrons. The third-order valence-electron chi connectivity index (χ3n) is 4.39. The lowest BCUT2D eigenvalue weighted by atomic mass is 10.1. The number of hydrogen-bond donors (Lipinski definition) is 1. The first kappa shape index (κ1) is 20.5. The summed E-state index contributed by atoms with van der Waals surface area (Å²) in [5, 5.41) is 0. The molecule has 0 bridgehead atoms. The molecule has 1 saturated heterocycles. The van der Waals surface area contributed by atoms with Gasteiger partial charge >= 0.3 is 6.09 Å². The number of nitrogens with zero attached hydrogens (tertiary/aromatic N) is 5. The van der Waals surface area contributed by atoms with Crippen molar-refractivity contribution < 1.29 is 17.2 Å². The number of ketones is 1. The zero-order valence-electron chi connectivity index (χ0n) is 17.0. The van der Waals surface area contributed by atoms with Crippen LogP contribution in [0.15, 0.2) is 30.6 Å². The molecule has 1 fully saturated rings. The number of anilines is 2. The van der Waals surface area contributed by atoms with Gasteiger partial charge in [-0.3, -0.25) is 4.79 Å². The Balaban J connectivity index is 0.00000240. The Morgan fingerprint density at radius 2 is 1.90 bits per heavy atom. The zero-order chi connectivity index (χ0) is 21.0. The summed E-state index contributed by atoms with van der Waals surface area (Å²) in [6.45, 7) is 7.85. The second-order valence-electron chi connectivity index (χ2n) is 7.82. The summed E-state index contributed by atoms with van der Waals surface area (Å²) in [7, 11) is 0. The number of pyridine rings is 1. The van der Waals surface area contributed by atoms with E-state index in [4.69, 9.17) is 10.5 Å². The predicted molar refractivity (Wildman–Crippen MR) is 113 cm³/mol. The molecular weight excluding hydrogens is 372 g/mol. The van der Waals surface area contributed by atoms with Crippen LogP contribution in [-0.2, 0) is 4.74 Å². The molecule has 1 aliphatic rings. The number of ether oxygens (including phenoxy) is 1. The van der Waals surface area contributed by atoms with Crippen molar-refractivity contribution in [3.63, 3.8) is 0 Å². The van der Waals surface area contributed by atoms with E-state index in [0.717, 1.165) is 6.42 Å². The van der Waals surface area contributed by atoms with Crippen LogP contribution in [0, 0.1) is 0 Å². The quantitative estimate of drug-likeness (QED) is 0.779. The molecule has 0 spiro atoms. The highest BCUT2D eigenvalue weighted by atomic mass is 16.6. The summed E-state index contributed by atoms with van der Waals surface area (Å²) in [4.78, 5) is 41.4. The van der Waals surface area contributed by atoms with E-state index in [-0.39, 0.29) is 26.2 Å². The van der Waals surface area contributed by atoms with E-state index in [9.17, 15) is 9.59 Å². The number of nitrogen functional groups attached to an aromatic ring is 1. The second-order valence-corrected chi connectivity index (χ2v) is 7.82. The lowest BCUT2D eigenvalue weighted by molar-refractivity contribution is 0.0263. The van der Waals surface area contributed by atoms with Gasteiger partial charge in [-0.15, -0.1) is 0 Å². The van der Waals surface area contributed by atoms with E-state index in [1.54, 1.807) is 29.3 Å². The van der Waals surface area contributed by atoms with Crippen LogP contribution in [0.1, 0.15) is 46.1 Å². The fourth-order valence-corrected chi connectivity index (χ4v) is 3.00. The molecule has 1 amide bonds. The first-order valence-electron chi connectivity index (χ1n) is 9.56. The number of amides is 1. The Morgan fingerprint density at radius 3 is 2.62 bits per heavy atom. The lowest BCUT2D eigenvalue weighted by Gasteiger charge is -2.26. The monoisotopic (exact) mass is 402 g/mol. The van der Waals surface area contributed by atoms with Crippen molar-refractivity contribution in [2.24, 2.45) is 0 Å². The van der Waals surface area contributed by atoms with Crippen molar-refractivity contribution >= 4 is 23.6 Å². The SMILES string of the molecule is CC(C)(C)OC(=O)N1CCCN(c2nccc(C(=O)c3cccnc3N)n2)CC1.[HH].[HH]. The summed E-state index contributed by atoms with van der Waals surface area (Å²) in [5.41, 5.74) is 5.84. The van der Waals surface area contributed by atoms with Crippen molar-refractivity contribution in [1.29, 1.82) is 0 Å². The summed E-state index contributed by atoms with van der Waals surface area (Å²) in [5.74, 6) is 0.314. The first-order valence-corrected chi connectivity index (χ1v) is 9.56. The molecule has 3 rings (SSSR count). The molecule has 9 nitrogen and oxygen atoms in total. The van der Waals surface area contributed by atoms with Crippen LogP contribution < -0.4 is 10.6 Å². The number of aromatic nitrogens is 3. The van der Waals surface area contributed by atoms with Gasteiger partial charge in [0.05, 0.1) is 5.56 Å². The van der Waals surface area contributed by atoms with Crippen LogP contribution in [0.5, 0.6) is 0 Å². The topological polar surface area (TPSA) is 115 Å². The number of carbonyl (C=O) groups excluding carboxylic acids is 2. The van der Waals surface area contributed by atoms with Gasteiger partial charge < -0.3 is 20.3 Å². The van der Waals surface area contributed by atoms with E-state index in [1.807, 2.05) is 25.7 Å². The summed E-state index contributed by atoms with van der Waals surface area (Å²) in [6, 6.07) is 4.84. The minimum absolute atomic E-state index is 0. The van der Waals surface area contributed by atoms with Crippen LogP contribution in [0.3, 0.4) is 0 Å². The first-order chi connectivity index (χ1) is 13.7. The van der Waals surface area contributed by atoms with Crippen LogP contribution in [-0.4, -0.2) is 63.5 Å². The van der Waals surface area contributed by atoms with Gasteiger partial charge in [-0.1, -0.05) is 0 Å². The van der Waals surface area contributed by atoms with Gasteiger partial charge in [-0.25, -0.2) is 19.7 Å². The molecule has 0 atom stereocenters. The largest absolute Gasteiger partial charge is 0.444 e. The van der Waals surface area contributed by atoms with Gasteiger partial charge in [-0.05, 0) is 45.4 Å². The van der Waals surface area contributed by atoms with Crippen molar-refractivity contribution in [1.82, 2.24) is 19.9 Å². The van der Waals surface area contributed by atoms with E-state index in [2.05, 4.69) is 15.0 Å². The third-order valence-corrected chi connectivity index (χ3v) is 4.39. The van der Waals surface area contributed by atoms with Gasteiger partial charge in [-0.2, -0.15) is 0 Å². The molecule has 29 heavy (non-hydrogen) atoms. The Hall–Kier alpha value is -3.23. The van der Waals surface area contributed by atoms with Crippen LogP contribution >= 0.6 is 0 Å². The minimum atomic E-state index is -0.533. The van der Waals surface area contributed by atoms with E-state index < -0.39 is 5.60 Å². The average molecular weight is 402 g/mol. The number of rotatable bonds is 3. The maximum Gasteiger partial charge on any atom is 0.410 e. The minimum Gasteiger partial charge on any atom is -0.444 e. The molecule has 0 unspecified atom stereocenters. The maximum atomic E-state index is 12.7. The van der Waals surface area contributed by atoms with E-state index in [0.29, 0.717) is 37.7 Å². The maximum absolute atomic E-state index is 12.7. The summed E-state index contributed by atoms with van der Waals surface area (Å²) in [6.07, 6.45) is 3.51. The molecule has 0 saturated carbocycles. The normalized spacial score (nSPS) is 15.0. The second kappa shape index (κ2) is 8.42. The van der Waals surface area contributed by atoms with Crippen LogP contribution in [0.4, 0.5) is 16.6 Å². The molecule has 0 aromatic carbocycles. The predicted octanol–water partition coefficient (Wildman–Crippen LogP) is 2.62. The molecule has 3 heterocycles. The van der Waals surface area contributed by atoms with Crippen molar-refractivity contribution in [2.45, 2.75) is 32.8 Å². The highest BCUT2D eigenvalue weighted by Gasteiger charge is 2.25. The Labute approximate surface area is 172 Å². The fourth-order valence-electron chi connectivity index (χ4n) is 3.00. The summed E-state index contributed by atoms with van der Waals surface area (Å²) < 4.78 is 5.46. The van der Waals surface area contributed by atoms with Crippen molar-refractivity contribution in [3.8, 4) is 0 Å². The Kier molecular flexibility index (Phi) is 5.95. The van der Waals surface area contributed by atoms with E-state index in [1.165, 1.54) is 6.20 Å². The van der Waals surface area contributed by atoms with Crippen LogP contribution in [0.2, 0.25) is 0 Å².